The molecule has 0 aliphatic carbocycles. The van der Waals surface area contributed by atoms with Crippen LogP contribution in [0.4, 0.5) is 17.1 Å². The molecule has 2 aromatic carbocycles. The average Bonchev–Trinajstić information content (AvgIpc) is 2.79. The van der Waals surface area contributed by atoms with E-state index in [0.717, 1.165) is 70.6 Å². The SMILES string of the molecule is COc1ccc(CNc2cc(N3CCOCC3)cc(N3CCOCC3)c2)cc1. The molecule has 2 fully saturated rings. The van der Waals surface area contributed by atoms with Crippen LogP contribution >= 0.6 is 0 Å². The number of hydrogen-bond donors (Lipinski definition) is 1. The molecule has 1 N–H and O–H groups in total. The van der Waals surface area contributed by atoms with Crippen molar-refractivity contribution in [3.05, 3.63) is 48.0 Å². The molecule has 2 aliphatic heterocycles. The van der Waals surface area contributed by atoms with Gasteiger partial charge in [0.1, 0.15) is 5.75 Å². The summed E-state index contributed by atoms with van der Waals surface area (Å²) in [5.41, 5.74) is 4.88. The molecule has 0 amide bonds. The number of nitrogens with zero attached hydrogens (tertiary/aromatic N) is 2. The summed E-state index contributed by atoms with van der Waals surface area (Å²) in [6, 6.07) is 15.0. The minimum Gasteiger partial charge on any atom is -0.497 e. The van der Waals surface area contributed by atoms with Crippen molar-refractivity contribution in [3.63, 3.8) is 0 Å². The van der Waals surface area contributed by atoms with Crippen LogP contribution in [0.5, 0.6) is 5.75 Å². The zero-order chi connectivity index (χ0) is 19.2. The molecule has 2 aromatic rings. The molecule has 0 unspecified atom stereocenters. The second-order valence-electron chi connectivity index (χ2n) is 7.14. The Hall–Kier alpha value is -2.44. The van der Waals surface area contributed by atoms with Crippen molar-refractivity contribution in [2.45, 2.75) is 6.54 Å². The summed E-state index contributed by atoms with van der Waals surface area (Å²) in [7, 11) is 1.69. The Morgan fingerprint density at radius 1 is 0.821 bits per heavy atom. The largest absolute Gasteiger partial charge is 0.497 e. The number of nitrogens with one attached hydrogen (secondary N) is 1. The number of anilines is 3. The molecule has 0 aromatic heterocycles. The maximum absolute atomic E-state index is 5.53. The Labute approximate surface area is 167 Å². The van der Waals surface area contributed by atoms with Crippen molar-refractivity contribution < 1.29 is 14.2 Å². The van der Waals surface area contributed by atoms with E-state index >= 15 is 0 Å². The lowest BCUT2D eigenvalue weighted by Crippen LogP contribution is -2.38. The summed E-state index contributed by atoms with van der Waals surface area (Å²) in [5, 5.41) is 3.60. The molecular weight excluding hydrogens is 354 g/mol. The van der Waals surface area contributed by atoms with Gasteiger partial charge in [-0.05, 0) is 35.9 Å². The summed E-state index contributed by atoms with van der Waals surface area (Å²) >= 11 is 0. The molecule has 4 rings (SSSR count). The molecule has 6 heteroatoms. The molecule has 28 heavy (non-hydrogen) atoms. The summed E-state index contributed by atoms with van der Waals surface area (Å²) < 4.78 is 16.3. The maximum atomic E-state index is 5.53. The monoisotopic (exact) mass is 383 g/mol. The van der Waals surface area contributed by atoms with Crippen molar-refractivity contribution in [2.24, 2.45) is 0 Å². The Morgan fingerprint density at radius 3 is 1.86 bits per heavy atom. The van der Waals surface area contributed by atoms with Gasteiger partial charge in [0, 0.05) is 49.8 Å². The number of hydrogen-bond acceptors (Lipinski definition) is 6. The zero-order valence-corrected chi connectivity index (χ0v) is 16.5. The van der Waals surface area contributed by atoms with Gasteiger partial charge in [0.2, 0.25) is 0 Å². The topological polar surface area (TPSA) is 46.2 Å². The first-order chi connectivity index (χ1) is 13.8. The van der Waals surface area contributed by atoms with Crippen LogP contribution < -0.4 is 19.9 Å². The average molecular weight is 383 g/mol. The summed E-state index contributed by atoms with van der Waals surface area (Å²) in [6.07, 6.45) is 0. The van der Waals surface area contributed by atoms with Gasteiger partial charge in [0.05, 0.1) is 33.5 Å². The van der Waals surface area contributed by atoms with Gasteiger partial charge in [-0.2, -0.15) is 0 Å². The van der Waals surface area contributed by atoms with E-state index in [0.29, 0.717) is 0 Å². The Morgan fingerprint density at radius 2 is 1.36 bits per heavy atom. The number of morpholine rings is 2. The molecule has 6 nitrogen and oxygen atoms in total. The third-order valence-corrected chi connectivity index (χ3v) is 5.31. The first kappa shape index (κ1) is 18.9. The van der Waals surface area contributed by atoms with Gasteiger partial charge in [-0.3, -0.25) is 0 Å². The van der Waals surface area contributed by atoms with E-state index in [1.54, 1.807) is 7.11 Å². The molecule has 0 radical (unpaired) electrons. The first-order valence-corrected chi connectivity index (χ1v) is 9.99. The van der Waals surface area contributed by atoms with Gasteiger partial charge < -0.3 is 29.3 Å². The number of methoxy groups -OCH3 is 1. The van der Waals surface area contributed by atoms with Crippen molar-refractivity contribution >= 4 is 17.1 Å². The fourth-order valence-electron chi connectivity index (χ4n) is 3.65. The molecule has 0 bridgehead atoms. The fourth-order valence-corrected chi connectivity index (χ4v) is 3.65. The van der Waals surface area contributed by atoms with Gasteiger partial charge >= 0.3 is 0 Å². The Kier molecular flexibility index (Phi) is 6.19. The molecule has 150 valence electrons. The molecular formula is C22H29N3O3. The van der Waals surface area contributed by atoms with Crippen LogP contribution in [0.25, 0.3) is 0 Å². The molecule has 0 saturated carbocycles. The summed E-state index contributed by atoms with van der Waals surface area (Å²) in [4.78, 5) is 4.82. The highest BCUT2D eigenvalue weighted by molar-refractivity contribution is 5.69. The van der Waals surface area contributed by atoms with E-state index in [1.807, 2.05) is 12.1 Å². The molecule has 2 saturated heterocycles. The highest BCUT2D eigenvalue weighted by Crippen LogP contribution is 2.29. The lowest BCUT2D eigenvalue weighted by atomic mass is 10.1. The van der Waals surface area contributed by atoms with E-state index in [2.05, 4.69) is 45.4 Å². The summed E-state index contributed by atoms with van der Waals surface area (Å²) in [5.74, 6) is 0.882. The maximum Gasteiger partial charge on any atom is 0.118 e. The highest BCUT2D eigenvalue weighted by atomic mass is 16.5. The highest BCUT2D eigenvalue weighted by Gasteiger charge is 2.17. The molecule has 0 spiro atoms. The van der Waals surface area contributed by atoms with Crippen LogP contribution in [-0.4, -0.2) is 59.7 Å². The van der Waals surface area contributed by atoms with Gasteiger partial charge in [-0.15, -0.1) is 0 Å². The van der Waals surface area contributed by atoms with Crippen LogP contribution in [-0.2, 0) is 16.0 Å². The minimum absolute atomic E-state index is 0.777. The van der Waals surface area contributed by atoms with Crippen LogP contribution in [0.15, 0.2) is 42.5 Å². The van der Waals surface area contributed by atoms with E-state index in [-0.39, 0.29) is 0 Å². The van der Waals surface area contributed by atoms with Crippen molar-refractivity contribution in [3.8, 4) is 5.75 Å². The van der Waals surface area contributed by atoms with Gasteiger partial charge in [0.25, 0.3) is 0 Å². The number of rotatable bonds is 6. The van der Waals surface area contributed by atoms with E-state index in [9.17, 15) is 0 Å². The molecule has 0 atom stereocenters. The normalized spacial score (nSPS) is 17.5. The predicted molar refractivity (Wildman–Crippen MR) is 113 cm³/mol. The number of ether oxygens (including phenoxy) is 3. The van der Waals surface area contributed by atoms with Crippen LogP contribution in [0.3, 0.4) is 0 Å². The minimum atomic E-state index is 0.777. The Balaban J connectivity index is 1.53. The van der Waals surface area contributed by atoms with Crippen molar-refractivity contribution in [2.75, 3.05) is 74.8 Å². The third-order valence-electron chi connectivity index (χ3n) is 5.31. The lowest BCUT2D eigenvalue weighted by Gasteiger charge is -2.33. The predicted octanol–water partition coefficient (Wildman–Crippen LogP) is 2.98. The van der Waals surface area contributed by atoms with Gasteiger partial charge in [0.15, 0.2) is 0 Å². The molecule has 2 aliphatic rings. The van der Waals surface area contributed by atoms with E-state index < -0.39 is 0 Å². The summed E-state index contributed by atoms with van der Waals surface area (Å²) in [6.45, 7) is 7.67. The van der Waals surface area contributed by atoms with Gasteiger partial charge in [-0.1, -0.05) is 12.1 Å². The smallest absolute Gasteiger partial charge is 0.118 e. The van der Waals surface area contributed by atoms with Crippen LogP contribution in [0.2, 0.25) is 0 Å². The fraction of sp³-hybridized carbons (Fsp3) is 0.455. The first-order valence-electron chi connectivity index (χ1n) is 9.99. The molecule has 2 heterocycles. The second kappa shape index (κ2) is 9.17. The Bertz CT molecular complexity index is 718. The van der Waals surface area contributed by atoms with Crippen LogP contribution in [0.1, 0.15) is 5.56 Å². The standard InChI is InChI=1S/C22H29N3O3/c1-26-22-4-2-18(3-5-22)17-23-19-14-20(24-6-10-27-11-7-24)16-21(15-19)25-8-12-28-13-9-25/h2-5,14-16,23H,6-13,17H2,1H3. The van der Waals surface area contributed by atoms with Crippen molar-refractivity contribution in [1.82, 2.24) is 0 Å². The zero-order valence-electron chi connectivity index (χ0n) is 16.5. The lowest BCUT2D eigenvalue weighted by molar-refractivity contribution is 0.122. The van der Waals surface area contributed by atoms with Gasteiger partial charge in [-0.25, -0.2) is 0 Å². The quantitative estimate of drug-likeness (QED) is 0.828. The van der Waals surface area contributed by atoms with E-state index in [4.69, 9.17) is 14.2 Å². The number of benzene rings is 2. The second-order valence-corrected chi connectivity index (χ2v) is 7.14. The van der Waals surface area contributed by atoms with Crippen LogP contribution in [0, 0.1) is 0 Å². The third kappa shape index (κ3) is 4.69. The van der Waals surface area contributed by atoms with Crippen molar-refractivity contribution in [1.29, 1.82) is 0 Å². The van der Waals surface area contributed by atoms with E-state index in [1.165, 1.54) is 16.9 Å².